The normalized spacial score (nSPS) is 12.1. The number of rotatable bonds is 3. The van der Waals surface area contributed by atoms with Crippen LogP contribution in [0.3, 0.4) is 0 Å². The minimum absolute atomic E-state index is 0.119. The van der Waals surface area contributed by atoms with Crippen molar-refractivity contribution in [3.63, 3.8) is 0 Å². The lowest BCUT2D eigenvalue weighted by molar-refractivity contribution is 0.0939. The maximum atomic E-state index is 13.4. The molecule has 0 aliphatic carbocycles. The van der Waals surface area contributed by atoms with Gasteiger partial charge in [0.1, 0.15) is 5.82 Å². The molecule has 0 aliphatic heterocycles. The van der Waals surface area contributed by atoms with Crippen LogP contribution in [0.2, 0.25) is 0 Å². The second-order valence-electron chi connectivity index (χ2n) is 5.56. The van der Waals surface area contributed by atoms with Gasteiger partial charge in [-0.3, -0.25) is 9.78 Å². The molecule has 23 heavy (non-hydrogen) atoms. The number of hydrogen-bond acceptors (Lipinski definition) is 2. The van der Waals surface area contributed by atoms with E-state index in [1.165, 1.54) is 12.1 Å². The smallest absolute Gasteiger partial charge is 0.253 e. The van der Waals surface area contributed by atoms with Gasteiger partial charge in [-0.1, -0.05) is 30.3 Å². The summed E-state index contributed by atoms with van der Waals surface area (Å²) in [6, 6.07) is 15.7. The Morgan fingerprint density at radius 2 is 1.87 bits per heavy atom. The highest BCUT2D eigenvalue weighted by atomic mass is 19.1. The molecule has 0 saturated carbocycles. The summed E-state index contributed by atoms with van der Waals surface area (Å²) in [4.78, 5) is 16.9. The minimum Gasteiger partial charge on any atom is -0.345 e. The Balaban J connectivity index is 1.90. The number of carbonyl (C=O) groups excluding carboxylic acids is 1. The molecule has 1 atom stereocenters. The first-order valence-electron chi connectivity index (χ1n) is 7.47. The van der Waals surface area contributed by atoms with Crippen molar-refractivity contribution >= 4 is 16.8 Å². The van der Waals surface area contributed by atoms with E-state index in [9.17, 15) is 9.18 Å². The van der Waals surface area contributed by atoms with E-state index in [2.05, 4.69) is 10.3 Å². The topological polar surface area (TPSA) is 42.0 Å². The molecular weight excluding hydrogens is 291 g/mol. The molecule has 0 aliphatic rings. The zero-order valence-corrected chi connectivity index (χ0v) is 13.0. The van der Waals surface area contributed by atoms with Gasteiger partial charge < -0.3 is 5.32 Å². The number of halogens is 1. The molecule has 0 saturated heterocycles. The summed E-state index contributed by atoms with van der Waals surface area (Å²) in [6.45, 7) is 3.71. The van der Waals surface area contributed by atoms with Gasteiger partial charge in [0.2, 0.25) is 0 Å². The van der Waals surface area contributed by atoms with Gasteiger partial charge in [0.25, 0.3) is 5.91 Å². The first-order chi connectivity index (χ1) is 11.0. The van der Waals surface area contributed by atoms with Crippen LogP contribution in [0.5, 0.6) is 0 Å². The van der Waals surface area contributed by atoms with Crippen LogP contribution in [-0.4, -0.2) is 10.9 Å². The highest BCUT2D eigenvalue weighted by Crippen LogP contribution is 2.19. The van der Waals surface area contributed by atoms with Gasteiger partial charge in [-0.2, -0.15) is 0 Å². The van der Waals surface area contributed by atoms with E-state index in [4.69, 9.17) is 0 Å². The monoisotopic (exact) mass is 308 g/mol. The van der Waals surface area contributed by atoms with E-state index in [0.717, 1.165) is 5.56 Å². The number of pyridine rings is 1. The lowest BCUT2D eigenvalue weighted by Crippen LogP contribution is -2.27. The van der Waals surface area contributed by atoms with Crippen molar-refractivity contribution < 1.29 is 9.18 Å². The molecule has 4 heteroatoms. The van der Waals surface area contributed by atoms with E-state index < -0.39 is 0 Å². The number of nitrogens with zero attached hydrogens (tertiary/aromatic N) is 1. The first-order valence-corrected chi connectivity index (χ1v) is 7.47. The zero-order valence-electron chi connectivity index (χ0n) is 13.0. The van der Waals surface area contributed by atoms with Crippen molar-refractivity contribution in [1.29, 1.82) is 0 Å². The Morgan fingerprint density at radius 1 is 1.13 bits per heavy atom. The Labute approximate surface area is 134 Å². The average Bonchev–Trinajstić information content (AvgIpc) is 2.55. The van der Waals surface area contributed by atoms with Crippen molar-refractivity contribution in [3.05, 3.63) is 77.2 Å². The third kappa shape index (κ3) is 3.21. The Bertz CT molecular complexity index is 862. The average molecular weight is 308 g/mol. The molecule has 3 rings (SSSR count). The molecular formula is C19H17FN2O. The number of aromatic nitrogens is 1. The molecule has 3 aromatic rings. The van der Waals surface area contributed by atoms with Crippen LogP contribution in [0.15, 0.2) is 54.6 Å². The highest BCUT2D eigenvalue weighted by molar-refractivity contribution is 5.98. The Hall–Kier alpha value is -2.75. The van der Waals surface area contributed by atoms with Crippen molar-refractivity contribution in [1.82, 2.24) is 10.3 Å². The predicted octanol–water partition coefficient (Wildman–Crippen LogP) is 4.17. The second kappa shape index (κ2) is 6.16. The van der Waals surface area contributed by atoms with Crippen LogP contribution in [0.1, 0.15) is 34.6 Å². The van der Waals surface area contributed by atoms with Crippen molar-refractivity contribution in [2.75, 3.05) is 0 Å². The quantitative estimate of drug-likeness (QED) is 0.789. The van der Waals surface area contributed by atoms with E-state index in [1.807, 2.05) is 37.3 Å². The maximum Gasteiger partial charge on any atom is 0.253 e. The first kappa shape index (κ1) is 15.2. The standard InChI is InChI=1S/C19H17FN2O/c1-12(14-6-4-3-5-7-14)22-19(23)17-11-15-10-16(20)8-9-18(15)21-13(17)2/h3-12H,1-2H3,(H,22,23). The summed E-state index contributed by atoms with van der Waals surface area (Å²) in [5, 5.41) is 3.58. The van der Waals surface area contributed by atoms with Crippen molar-refractivity contribution in [3.8, 4) is 0 Å². The highest BCUT2D eigenvalue weighted by Gasteiger charge is 2.15. The van der Waals surface area contributed by atoms with Crippen LogP contribution in [0.25, 0.3) is 10.9 Å². The van der Waals surface area contributed by atoms with E-state index >= 15 is 0 Å². The number of aryl methyl sites for hydroxylation is 1. The van der Waals surface area contributed by atoms with Gasteiger partial charge in [0, 0.05) is 5.39 Å². The SMILES string of the molecule is Cc1nc2ccc(F)cc2cc1C(=O)NC(C)c1ccccc1. The third-order valence-electron chi connectivity index (χ3n) is 3.86. The summed E-state index contributed by atoms with van der Waals surface area (Å²) < 4.78 is 13.4. The summed E-state index contributed by atoms with van der Waals surface area (Å²) in [7, 11) is 0. The van der Waals surface area contributed by atoms with Crippen LogP contribution in [-0.2, 0) is 0 Å². The lowest BCUT2D eigenvalue weighted by Gasteiger charge is -2.15. The van der Waals surface area contributed by atoms with Crippen molar-refractivity contribution in [2.45, 2.75) is 19.9 Å². The number of hydrogen-bond donors (Lipinski definition) is 1. The Kier molecular flexibility index (Phi) is 4.06. The fourth-order valence-corrected chi connectivity index (χ4v) is 2.57. The summed E-state index contributed by atoms with van der Waals surface area (Å²) in [5.74, 6) is -0.551. The molecule has 0 spiro atoms. The predicted molar refractivity (Wildman–Crippen MR) is 88.8 cm³/mol. The van der Waals surface area contributed by atoms with Crippen LogP contribution in [0.4, 0.5) is 4.39 Å². The van der Waals surface area contributed by atoms with Crippen molar-refractivity contribution in [2.24, 2.45) is 0 Å². The zero-order chi connectivity index (χ0) is 16.4. The number of nitrogens with one attached hydrogen (secondary N) is 1. The fourth-order valence-electron chi connectivity index (χ4n) is 2.57. The molecule has 0 radical (unpaired) electrons. The number of amides is 1. The molecule has 0 bridgehead atoms. The third-order valence-corrected chi connectivity index (χ3v) is 3.86. The number of fused-ring (bicyclic) bond motifs is 1. The van der Waals surface area contributed by atoms with Gasteiger partial charge in [-0.05, 0) is 43.7 Å². The Morgan fingerprint density at radius 3 is 2.61 bits per heavy atom. The van der Waals surface area contributed by atoms with Gasteiger partial charge >= 0.3 is 0 Å². The lowest BCUT2D eigenvalue weighted by atomic mass is 10.1. The molecule has 0 fully saturated rings. The van der Waals surface area contributed by atoms with Gasteiger partial charge in [0.15, 0.2) is 0 Å². The van der Waals surface area contributed by atoms with Crippen LogP contribution in [0, 0.1) is 12.7 Å². The maximum absolute atomic E-state index is 13.4. The van der Waals surface area contributed by atoms with Crippen LogP contribution < -0.4 is 5.32 Å². The summed E-state index contributed by atoms with van der Waals surface area (Å²) >= 11 is 0. The van der Waals surface area contributed by atoms with Gasteiger partial charge in [0.05, 0.1) is 22.8 Å². The molecule has 1 heterocycles. The van der Waals surface area contributed by atoms with E-state index in [1.54, 1.807) is 19.1 Å². The molecule has 1 amide bonds. The summed E-state index contributed by atoms with van der Waals surface area (Å²) in [5.41, 5.74) is 2.79. The van der Waals surface area contributed by atoms with E-state index in [-0.39, 0.29) is 17.8 Å². The molecule has 1 N–H and O–H groups in total. The van der Waals surface area contributed by atoms with Crippen LogP contribution >= 0.6 is 0 Å². The largest absolute Gasteiger partial charge is 0.345 e. The molecule has 1 aromatic heterocycles. The second-order valence-corrected chi connectivity index (χ2v) is 5.56. The fraction of sp³-hybridized carbons (Fsp3) is 0.158. The van der Waals surface area contributed by atoms with E-state index in [0.29, 0.717) is 22.2 Å². The van der Waals surface area contributed by atoms with Gasteiger partial charge in [-0.15, -0.1) is 0 Å². The molecule has 3 nitrogen and oxygen atoms in total. The number of carbonyl (C=O) groups is 1. The molecule has 1 unspecified atom stereocenters. The van der Waals surface area contributed by atoms with Gasteiger partial charge in [-0.25, -0.2) is 4.39 Å². The molecule has 2 aromatic carbocycles. The summed E-state index contributed by atoms with van der Waals surface area (Å²) in [6.07, 6.45) is 0. The number of benzene rings is 2. The molecule has 116 valence electrons. The minimum atomic E-state index is -0.341.